The Morgan fingerprint density at radius 2 is 2.20 bits per heavy atom. The van der Waals surface area contributed by atoms with E-state index in [1.54, 1.807) is 6.92 Å². The predicted molar refractivity (Wildman–Crippen MR) is 55.2 cm³/mol. The lowest BCUT2D eigenvalue weighted by molar-refractivity contribution is 0.560. The van der Waals surface area contributed by atoms with Crippen molar-refractivity contribution in [3.8, 4) is 0 Å². The molecule has 0 saturated carbocycles. The number of hydrogen-bond acceptors (Lipinski definition) is 3. The third-order valence-electron chi connectivity index (χ3n) is 1.82. The van der Waals surface area contributed by atoms with Gasteiger partial charge in [-0.05, 0) is 25.1 Å². The van der Waals surface area contributed by atoms with Crippen LogP contribution in [-0.4, -0.2) is 21.0 Å². The molecule has 15 heavy (non-hydrogen) atoms. The molecule has 0 saturated heterocycles. The third-order valence-corrected chi connectivity index (χ3v) is 3.40. The summed E-state index contributed by atoms with van der Waals surface area (Å²) in [5, 5.41) is 0. The fourth-order valence-corrected chi connectivity index (χ4v) is 2.30. The van der Waals surface area contributed by atoms with Crippen molar-refractivity contribution in [2.24, 2.45) is 5.73 Å². The molecule has 0 fully saturated rings. The van der Waals surface area contributed by atoms with E-state index in [2.05, 4.69) is 4.72 Å². The van der Waals surface area contributed by atoms with Gasteiger partial charge in [0.25, 0.3) is 0 Å². The molecule has 0 spiro atoms. The second kappa shape index (κ2) is 4.69. The summed E-state index contributed by atoms with van der Waals surface area (Å²) in [6, 6.07) is 4.45. The molecule has 1 aromatic carbocycles. The summed E-state index contributed by atoms with van der Waals surface area (Å²) in [5.74, 6) is -0.585. The molecule has 1 aromatic rings. The summed E-state index contributed by atoms with van der Waals surface area (Å²) < 4.78 is 38.4. The van der Waals surface area contributed by atoms with Gasteiger partial charge in [-0.15, -0.1) is 0 Å². The fraction of sp³-hybridized carbons (Fsp3) is 0.333. The van der Waals surface area contributed by atoms with E-state index in [1.807, 2.05) is 0 Å². The van der Waals surface area contributed by atoms with E-state index in [1.165, 1.54) is 18.2 Å². The second-order valence-corrected chi connectivity index (χ2v) is 4.93. The maximum absolute atomic E-state index is 12.8. The SMILES string of the molecule is C[C@H](CN)NS(=O)(=O)c1cccc(F)c1. The number of nitrogens with one attached hydrogen (secondary N) is 1. The monoisotopic (exact) mass is 232 g/mol. The Morgan fingerprint density at radius 3 is 2.73 bits per heavy atom. The maximum atomic E-state index is 12.8. The first-order valence-electron chi connectivity index (χ1n) is 4.43. The molecule has 4 nitrogen and oxygen atoms in total. The van der Waals surface area contributed by atoms with E-state index in [0.717, 1.165) is 6.07 Å². The molecule has 0 aliphatic heterocycles. The lowest BCUT2D eigenvalue weighted by Gasteiger charge is -2.11. The topological polar surface area (TPSA) is 72.2 Å². The number of nitrogens with two attached hydrogens (primary N) is 1. The minimum atomic E-state index is -3.66. The molecule has 0 amide bonds. The lowest BCUT2D eigenvalue weighted by Crippen LogP contribution is -2.37. The molecule has 0 radical (unpaired) electrons. The van der Waals surface area contributed by atoms with Crippen LogP contribution in [0.5, 0.6) is 0 Å². The molecular formula is C9H13FN2O2S. The summed E-state index contributed by atoms with van der Waals surface area (Å²) in [5.41, 5.74) is 5.29. The van der Waals surface area contributed by atoms with Crippen LogP contribution in [0, 0.1) is 5.82 Å². The molecule has 1 atom stereocenters. The molecule has 0 heterocycles. The van der Waals surface area contributed by atoms with Crippen LogP contribution in [0.25, 0.3) is 0 Å². The van der Waals surface area contributed by atoms with E-state index >= 15 is 0 Å². The molecule has 1 rings (SSSR count). The molecular weight excluding hydrogens is 219 g/mol. The van der Waals surface area contributed by atoms with Gasteiger partial charge in [0.05, 0.1) is 4.90 Å². The minimum absolute atomic E-state index is 0.0946. The van der Waals surface area contributed by atoms with Gasteiger partial charge in [0, 0.05) is 12.6 Å². The zero-order valence-electron chi connectivity index (χ0n) is 8.27. The van der Waals surface area contributed by atoms with Crippen molar-refractivity contribution in [1.82, 2.24) is 4.72 Å². The Balaban J connectivity index is 2.96. The first-order chi connectivity index (χ1) is 6.95. The van der Waals surface area contributed by atoms with Crippen molar-refractivity contribution in [2.75, 3.05) is 6.54 Å². The highest BCUT2D eigenvalue weighted by Crippen LogP contribution is 2.10. The van der Waals surface area contributed by atoms with Crippen LogP contribution in [0.4, 0.5) is 4.39 Å². The number of hydrogen-bond donors (Lipinski definition) is 2. The Bertz CT molecular complexity index is 433. The Morgan fingerprint density at radius 1 is 1.53 bits per heavy atom. The van der Waals surface area contributed by atoms with Gasteiger partial charge in [0.1, 0.15) is 5.82 Å². The van der Waals surface area contributed by atoms with Crippen LogP contribution < -0.4 is 10.5 Å². The largest absolute Gasteiger partial charge is 0.329 e. The molecule has 0 unspecified atom stereocenters. The zero-order valence-corrected chi connectivity index (χ0v) is 9.09. The smallest absolute Gasteiger partial charge is 0.240 e. The summed E-state index contributed by atoms with van der Waals surface area (Å²) in [7, 11) is -3.66. The van der Waals surface area contributed by atoms with E-state index < -0.39 is 15.8 Å². The molecule has 0 aliphatic carbocycles. The number of benzene rings is 1. The highest BCUT2D eigenvalue weighted by atomic mass is 32.2. The van der Waals surface area contributed by atoms with Crippen molar-refractivity contribution < 1.29 is 12.8 Å². The Hall–Kier alpha value is -0.980. The maximum Gasteiger partial charge on any atom is 0.240 e. The highest BCUT2D eigenvalue weighted by molar-refractivity contribution is 7.89. The molecule has 0 bridgehead atoms. The minimum Gasteiger partial charge on any atom is -0.329 e. The van der Waals surface area contributed by atoms with Crippen molar-refractivity contribution in [3.63, 3.8) is 0 Å². The summed E-state index contributed by atoms with van der Waals surface area (Å²) in [4.78, 5) is -0.0946. The van der Waals surface area contributed by atoms with Gasteiger partial charge in [-0.25, -0.2) is 17.5 Å². The Kier molecular flexibility index (Phi) is 3.78. The van der Waals surface area contributed by atoms with Crippen molar-refractivity contribution in [2.45, 2.75) is 17.9 Å². The molecule has 0 aliphatic rings. The molecule has 3 N–H and O–H groups in total. The predicted octanol–water partition coefficient (Wildman–Crippen LogP) is 0.451. The van der Waals surface area contributed by atoms with Gasteiger partial charge >= 0.3 is 0 Å². The summed E-state index contributed by atoms with van der Waals surface area (Å²) in [6.45, 7) is 1.82. The number of rotatable bonds is 4. The van der Waals surface area contributed by atoms with Crippen LogP contribution in [0.2, 0.25) is 0 Å². The number of sulfonamides is 1. The van der Waals surface area contributed by atoms with Crippen LogP contribution in [0.1, 0.15) is 6.92 Å². The van der Waals surface area contributed by atoms with Crippen molar-refractivity contribution in [3.05, 3.63) is 30.1 Å². The molecule has 84 valence electrons. The van der Waals surface area contributed by atoms with Gasteiger partial charge in [-0.1, -0.05) is 6.07 Å². The normalized spacial score (nSPS) is 13.8. The van der Waals surface area contributed by atoms with Crippen LogP contribution in [0.15, 0.2) is 29.2 Å². The standard InChI is InChI=1S/C9H13FN2O2S/c1-7(6-11)12-15(13,14)9-4-2-3-8(10)5-9/h2-5,7,12H,6,11H2,1H3/t7-/m1/s1. The van der Waals surface area contributed by atoms with Crippen molar-refractivity contribution in [1.29, 1.82) is 0 Å². The third kappa shape index (κ3) is 3.26. The van der Waals surface area contributed by atoms with Crippen LogP contribution in [0.3, 0.4) is 0 Å². The van der Waals surface area contributed by atoms with Crippen LogP contribution >= 0.6 is 0 Å². The zero-order chi connectivity index (χ0) is 11.5. The van der Waals surface area contributed by atoms with E-state index in [-0.39, 0.29) is 17.5 Å². The van der Waals surface area contributed by atoms with Gasteiger partial charge in [0.2, 0.25) is 10.0 Å². The highest BCUT2D eigenvalue weighted by Gasteiger charge is 2.16. The fourth-order valence-electron chi connectivity index (χ4n) is 1.02. The average molecular weight is 232 g/mol. The second-order valence-electron chi connectivity index (χ2n) is 3.22. The first-order valence-corrected chi connectivity index (χ1v) is 5.92. The van der Waals surface area contributed by atoms with E-state index in [4.69, 9.17) is 5.73 Å². The van der Waals surface area contributed by atoms with E-state index in [9.17, 15) is 12.8 Å². The van der Waals surface area contributed by atoms with Gasteiger partial charge in [0.15, 0.2) is 0 Å². The molecule has 0 aromatic heterocycles. The Labute approximate surface area is 88.3 Å². The van der Waals surface area contributed by atoms with Crippen molar-refractivity contribution >= 4 is 10.0 Å². The number of halogens is 1. The molecule has 6 heteroatoms. The van der Waals surface area contributed by atoms with E-state index in [0.29, 0.717) is 0 Å². The van der Waals surface area contributed by atoms with Gasteiger partial charge in [-0.2, -0.15) is 0 Å². The van der Waals surface area contributed by atoms with Gasteiger partial charge in [-0.3, -0.25) is 0 Å². The summed E-state index contributed by atoms with van der Waals surface area (Å²) >= 11 is 0. The van der Waals surface area contributed by atoms with Crippen LogP contribution in [-0.2, 0) is 10.0 Å². The quantitative estimate of drug-likeness (QED) is 0.791. The lowest BCUT2D eigenvalue weighted by atomic mass is 10.4. The average Bonchev–Trinajstić information content (AvgIpc) is 2.17. The first kappa shape index (κ1) is 12.1. The summed E-state index contributed by atoms with van der Waals surface area (Å²) in [6.07, 6.45) is 0. The van der Waals surface area contributed by atoms with Gasteiger partial charge < -0.3 is 5.73 Å².